The molecule has 1 aromatic rings. The summed E-state index contributed by atoms with van der Waals surface area (Å²) in [6.07, 6.45) is 2.57. The highest BCUT2D eigenvalue weighted by Crippen LogP contribution is 2.17. The van der Waals surface area contributed by atoms with E-state index in [0.717, 1.165) is 29.7 Å². The first-order valence-electron chi connectivity index (χ1n) is 5.92. The largest absolute Gasteiger partial charge is 0.491 e. The van der Waals surface area contributed by atoms with Gasteiger partial charge in [-0.15, -0.1) is 0 Å². The van der Waals surface area contributed by atoms with E-state index in [2.05, 4.69) is 15.9 Å². The predicted molar refractivity (Wildman–Crippen MR) is 69.4 cm³/mol. The second-order valence-electron chi connectivity index (χ2n) is 4.02. The molecule has 1 aromatic carbocycles. The van der Waals surface area contributed by atoms with Crippen LogP contribution in [0.3, 0.4) is 0 Å². The van der Waals surface area contributed by atoms with Crippen molar-refractivity contribution in [1.82, 2.24) is 0 Å². The Labute approximate surface area is 110 Å². The van der Waals surface area contributed by atoms with Crippen molar-refractivity contribution < 1.29 is 14.2 Å². The van der Waals surface area contributed by atoms with Crippen molar-refractivity contribution in [3.05, 3.63) is 28.7 Å². The van der Waals surface area contributed by atoms with Gasteiger partial charge in [0.2, 0.25) is 0 Å². The molecular weight excluding hydrogens is 284 g/mol. The van der Waals surface area contributed by atoms with Gasteiger partial charge in [0.05, 0.1) is 19.3 Å². The fourth-order valence-corrected chi connectivity index (χ4v) is 2.14. The summed E-state index contributed by atoms with van der Waals surface area (Å²) >= 11 is 3.40. The lowest BCUT2D eigenvalue weighted by Gasteiger charge is -2.10. The molecule has 17 heavy (non-hydrogen) atoms. The van der Waals surface area contributed by atoms with Gasteiger partial charge in [-0.25, -0.2) is 0 Å². The lowest BCUT2D eigenvalue weighted by molar-refractivity contribution is 0.00853. The molecule has 0 N–H and O–H groups in total. The average molecular weight is 301 g/mol. The molecule has 1 aliphatic rings. The summed E-state index contributed by atoms with van der Waals surface area (Å²) in [5.41, 5.74) is 0. The van der Waals surface area contributed by atoms with Gasteiger partial charge in [-0.3, -0.25) is 0 Å². The van der Waals surface area contributed by atoms with Crippen LogP contribution in [0.1, 0.15) is 12.8 Å². The zero-order chi connectivity index (χ0) is 11.9. The van der Waals surface area contributed by atoms with Crippen molar-refractivity contribution in [3.8, 4) is 5.75 Å². The van der Waals surface area contributed by atoms with E-state index in [1.54, 1.807) is 0 Å². The zero-order valence-electron chi connectivity index (χ0n) is 9.73. The maximum atomic E-state index is 5.56. The number of ether oxygens (including phenoxy) is 3. The van der Waals surface area contributed by atoms with Gasteiger partial charge in [0.1, 0.15) is 12.4 Å². The third-order valence-corrected chi connectivity index (χ3v) is 3.11. The summed E-state index contributed by atoms with van der Waals surface area (Å²) in [5.74, 6) is 0.861. The van der Waals surface area contributed by atoms with E-state index >= 15 is 0 Å². The highest BCUT2D eigenvalue weighted by Gasteiger charge is 2.14. The predicted octanol–water partition coefficient (Wildman–Crippen LogP) is 3.02. The second kappa shape index (κ2) is 6.99. The number of benzene rings is 1. The zero-order valence-corrected chi connectivity index (χ0v) is 11.3. The molecule has 94 valence electrons. The molecule has 0 bridgehead atoms. The Bertz CT molecular complexity index is 337. The molecule has 2 rings (SSSR count). The quantitative estimate of drug-likeness (QED) is 0.756. The molecule has 1 fully saturated rings. The van der Waals surface area contributed by atoms with Crippen molar-refractivity contribution in [2.24, 2.45) is 0 Å². The average Bonchev–Trinajstić information content (AvgIpc) is 2.82. The molecule has 0 radical (unpaired) electrons. The van der Waals surface area contributed by atoms with Gasteiger partial charge in [0.25, 0.3) is 0 Å². The first-order valence-corrected chi connectivity index (χ1v) is 6.71. The molecule has 0 amide bonds. The third-order valence-electron chi connectivity index (χ3n) is 2.62. The molecule has 0 spiro atoms. The monoisotopic (exact) mass is 300 g/mol. The minimum absolute atomic E-state index is 0.292. The van der Waals surface area contributed by atoms with E-state index in [0.29, 0.717) is 25.9 Å². The van der Waals surface area contributed by atoms with Gasteiger partial charge in [0, 0.05) is 11.1 Å². The summed E-state index contributed by atoms with van der Waals surface area (Å²) < 4.78 is 17.5. The Kier molecular flexibility index (Phi) is 5.29. The van der Waals surface area contributed by atoms with E-state index in [4.69, 9.17) is 14.2 Å². The third kappa shape index (κ3) is 4.66. The van der Waals surface area contributed by atoms with E-state index in [1.807, 2.05) is 24.3 Å². The van der Waals surface area contributed by atoms with Crippen LogP contribution in [-0.2, 0) is 9.47 Å². The topological polar surface area (TPSA) is 27.7 Å². The van der Waals surface area contributed by atoms with Crippen LogP contribution in [0.15, 0.2) is 28.7 Å². The van der Waals surface area contributed by atoms with Crippen molar-refractivity contribution in [3.63, 3.8) is 0 Å². The molecular formula is C13H17BrO3. The molecule has 4 heteroatoms. The van der Waals surface area contributed by atoms with Crippen LogP contribution < -0.4 is 4.74 Å². The van der Waals surface area contributed by atoms with Gasteiger partial charge >= 0.3 is 0 Å². The van der Waals surface area contributed by atoms with E-state index < -0.39 is 0 Å². The summed E-state index contributed by atoms with van der Waals surface area (Å²) in [6.45, 7) is 2.74. The lowest BCUT2D eigenvalue weighted by atomic mass is 10.2. The smallest absolute Gasteiger partial charge is 0.120 e. The van der Waals surface area contributed by atoms with Crippen molar-refractivity contribution in [1.29, 1.82) is 0 Å². The Morgan fingerprint density at radius 3 is 3.06 bits per heavy atom. The minimum atomic E-state index is 0.292. The first kappa shape index (κ1) is 12.9. The molecule has 1 heterocycles. The molecule has 1 saturated heterocycles. The highest BCUT2D eigenvalue weighted by molar-refractivity contribution is 9.10. The summed E-state index contributed by atoms with van der Waals surface area (Å²) in [4.78, 5) is 0. The van der Waals surface area contributed by atoms with Crippen LogP contribution in [-0.4, -0.2) is 32.5 Å². The molecule has 0 aromatic heterocycles. The van der Waals surface area contributed by atoms with Crippen LogP contribution in [0.25, 0.3) is 0 Å². The first-order chi connectivity index (χ1) is 8.34. The number of hydrogen-bond donors (Lipinski definition) is 0. The Hall–Kier alpha value is -0.580. The number of hydrogen-bond acceptors (Lipinski definition) is 3. The van der Waals surface area contributed by atoms with Crippen molar-refractivity contribution in [2.75, 3.05) is 26.4 Å². The van der Waals surface area contributed by atoms with E-state index in [-0.39, 0.29) is 0 Å². The SMILES string of the molecule is Brc1cccc(OCCOCC2CCCO2)c1. The summed E-state index contributed by atoms with van der Waals surface area (Å²) in [6, 6.07) is 7.80. The molecule has 0 saturated carbocycles. The van der Waals surface area contributed by atoms with Gasteiger partial charge in [-0.05, 0) is 31.0 Å². The van der Waals surface area contributed by atoms with Gasteiger partial charge < -0.3 is 14.2 Å². The fraction of sp³-hybridized carbons (Fsp3) is 0.538. The standard InChI is InChI=1S/C13H17BrO3/c14-11-3-1-4-12(9-11)17-8-7-15-10-13-5-2-6-16-13/h1,3-4,9,13H,2,5-8,10H2. The minimum Gasteiger partial charge on any atom is -0.491 e. The Morgan fingerprint density at radius 2 is 2.29 bits per heavy atom. The fourth-order valence-electron chi connectivity index (χ4n) is 1.77. The van der Waals surface area contributed by atoms with E-state index in [1.165, 1.54) is 0 Å². The van der Waals surface area contributed by atoms with Gasteiger partial charge in [0.15, 0.2) is 0 Å². The Morgan fingerprint density at radius 1 is 1.35 bits per heavy atom. The normalized spacial score (nSPS) is 19.5. The van der Waals surface area contributed by atoms with Crippen molar-refractivity contribution >= 4 is 15.9 Å². The molecule has 1 atom stereocenters. The Balaban J connectivity index is 1.56. The molecule has 3 nitrogen and oxygen atoms in total. The van der Waals surface area contributed by atoms with Crippen LogP contribution in [0.2, 0.25) is 0 Å². The maximum absolute atomic E-state index is 5.56. The summed E-state index contributed by atoms with van der Waals surface area (Å²) in [5, 5.41) is 0. The maximum Gasteiger partial charge on any atom is 0.120 e. The lowest BCUT2D eigenvalue weighted by Crippen LogP contribution is -2.17. The molecule has 1 unspecified atom stereocenters. The van der Waals surface area contributed by atoms with Crippen LogP contribution in [0.4, 0.5) is 0 Å². The van der Waals surface area contributed by atoms with Crippen molar-refractivity contribution in [2.45, 2.75) is 18.9 Å². The van der Waals surface area contributed by atoms with Crippen LogP contribution in [0, 0.1) is 0 Å². The summed E-state index contributed by atoms with van der Waals surface area (Å²) in [7, 11) is 0. The van der Waals surface area contributed by atoms with Gasteiger partial charge in [-0.2, -0.15) is 0 Å². The van der Waals surface area contributed by atoms with E-state index in [9.17, 15) is 0 Å². The number of rotatable bonds is 6. The van der Waals surface area contributed by atoms with Crippen LogP contribution >= 0.6 is 15.9 Å². The van der Waals surface area contributed by atoms with Crippen LogP contribution in [0.5, 0.6) is 5.75 Å². The van der Waals surface area contributed by atoms with Gasteiger partial charge in [-0.1, -0.05) is 22.0 Å². The molecule has 1 aliphatic heterocycles. The number of halogens is 1. The molecule has 0 aliphatic carbocycles. The highest BCUT2D eigenvalue weighted by atomic mass is 79.9. The second-order valence-corrected chi connectivity index (χ2v) is 4.93.